The Morgan fingerprint density at radius 2 is 0.804 bits per heavy atom. The standard InChI is InChI=1S/C51H29N3O2/c1-2-14-30(15-3-1)49-52-50(41-26-31-16-4-5-17-33(31)34-18-6-7-19-35(34)41)54-51(53-49)42-27-32(28-45-48(42)39-23-11-13-25-44(39)55-45)40-29-46-47(37-21-9-8-20-36(37)40)38-22-10-12-24-43(38)56-46/h1-29H. The van der Waals surface area contributed by atoms with Gasteiger partial charge >= 0.3 is 0 Å². The Morgan fingerprint density at radius 1 is 0.286 bits per heavy atom. The summed E-state index contributed by atoms with van der Waals surface area (Å²) in [6, 6.07) is 60.9. The summed E-state index contributed by atoms with van der Waals surface area (Å²) in [5.41, 5.74) is 8.00. The molecular weight excluding hydrogens is 687 g/mol. The van der Waals surface area contributed by atoms with Crippen LogP contribution in [-0.4, -0.2) is 15.0 Å². The molecule has 260 valence electrons. The van der Waals surface area contributed by atoms with E-state index in [2.05, 4.69) is 127 Å². The molecule has 0 saturated carbocycles. The lowest BCUT2D eigenvalue weighted by molar-refractivity contribution is 0.668. The molecule has 0 aliphatic heterocycles. The van der Waals surface area contributed by atoms with Crippen LogP contribution >= 0.6 is 0 Å². The van der Waals surface area contributed by atoms with Gasteiger partial charge in [0.1, 0.15) is 22.3 Å². The van der Waals surface area contributed by atoms with Crippen molar-refractivity contribution in [1.29, 1.82) is 0 Å². The topological polar surface area (TPSA) is 65.0 Å². The highest BCUT2D eigenvalue weighted by Crippen LogP contribution is 2.44. The predicted molar refractivity (Wildman–Crippen MR) is 229 cm³/mol. The molecule has 3 aromatic heterocycles. The average Bonchev–Trinajstić information content (AvgIpc) is 3.84. The maximum Gasteiger partial charge on any atom is 0.164 e. The highest BCUT2D eigenvalue weighted by atomic mass is 16.3. The Balaban J connectivity index is 1.18. The molecule has 56 heavy (non-hydrogen) atoms. The molecule has 0 N–H and O–H groups in total. The maximum atomic E-state index is 6.67. The van der Waals surface area contributed by atoms with Gasteiger partial charge in [-0.1, -0.05) is 140 Å². The summed E-state index contributed by atoms with van der Waals surface area (Å²) in [5.74, 6) is 1.78. The molecule has 0 saturated heterocycles. The van der Waals surface area contributed by atoms with Gasteiger partial charge in [-0.15, -0.1) is 0 Å². The Morgan fingerprint density at radius 3 is 1.54 bits per heavy atom. The van der Waals surface area contributed by atoms with E-state index in [0.29, 0.717) is 17.5 Å². The van der Waals surface area contributed by atoms with Gasteiger partial charge in [-0.25, -0.2) is 15.0 Å². The first-order valence-electron chi connectivity index (χ1n) is 18.8. The van der Waals surface area contributed by atoms with Crippen LogP contribution in [0.4, 0.5) is 0 Å². The predicted octanol–water partition coefficient (Wildman–Crippen LogP) is 13.8. The molecule has 0 fully saturated rings. The van der Waals surface area contributed by atoms with Crippen molar-refractivity contribution in [2.75, 3.05) is 0 Å². The van der Waals surface area contributed by atoms with Crippen LogP contribution < -0.4 is 0 Å². The number of fused-ring (bicyclic) bond motifs is 11. The van der Waals surface area contributed by atoms with E-state index in [4.69, 9.17) is 23.8 Å². The molecule has 12 rings (SSSR count). The zero-order chi connectivity index (χ0) is 36.7. The summed E-state index contributed by atoms with van der Waals surface area (Å²) in [7, 11) is 0. The largest absolute Gasteiger partial charge is 0.456 e. The number of benzene rings is 9. The zero-order valence-electron chi connectivity index (χ0n) is 29.9. The van der Waals surface area contributed by atoms with Gasteiger partial charge in [-0.05, 0) is 79.8 Å². The molecule has 0 amide bonds. The smallest absolute Gasteiger partial charge is 0.164 e. The summed E-state index contributed by atoms with van der Waals surface area (Å²) >= 11 is 0. The molecule has 0 aliphatic rings. The molecule has 0 aliphatic carbocycles. The number of hydrogen-bond acceptors (Lipinski definition) is 5. The van der Waals surface area contributed by atoms with Crippen molar-refractivity contribution in [1.82, 2.24) is 15.0 Å². The number of furan rings is 2. The molecular formula is C51H29N3O2. The molecule has 0 radical (unpaired) electrons. The third-order valence-electron chi connectivity index (χ3n) is 11.1. The van der Waals surface area contributed by atoms with E-state index in [1.54, 1.807) is 0 Å². The van der Waals surface area contributed by atoms with Gasteiger partial charge in [0.05, 0.1) is 0 Å². The van der Waals surface area contributed by atoms with E-state index >= 15 is 0 Å². The first-order valence-corrected chi connectivity index (χ1v) is 18.8. The average molecular weight is 716 g/mol. The molecule has 0 unspecified atom stereocenters. The minimum Gasteiger partial charge on any atom is -0.456 e. The van der Waals surface area contributed by atoms with E-state index in [1.165, 1.54) is 5.39 Å². The van der Waals surface area contributed by atoms with Gasteiger partial charge in [-0.3, -0.25) is 0 Å². The third kappa shape index (κ3) is 4.64. The monoisotopic (exact) mass is 715 g/mol. The van der Waals surface area contributed by atoms with Crippen LogP contribution in [0.3, 0.4) is 0 Å². The molecule has 0 spiro atoms. The first kappa shape index (κ1) is 30.8. The van der Waals surface area contributed by atoms with Crippen LogP contribution in [0.25, 0.3) is 121 Å². The van der Waals surface area contributed by atoms with Gasteiger partial charge in [0.25, 0.3) is 0 Å². The molecule has 9 aromatic carbocycles. The van der Waals surface area contributed by atoms with Gasteiger partial charge in [-0.2, -0.15) is 0 Å². The fraction of sp³-hybridized carbons (Fsp3) is 0. The van der Waals surface area contributed by atoms with Crippen LogP contribution in [0.2, 0.25) is 0 Å². The van der Waals surface area contributed by atoms with E-state index in [-0.39, 0.29) is 0 Å². The number of rotatable bonds is 4. The fourth-order valence-corrected chi connectivity index (χ4v) is 8.59. The van der Waals surface area contributed by atoms with E-state index in [1.807, 2.05) is 48.5 Å². The second-order valence-electron chi connectivity index (χ2n) is 14.3. The van der Waals surface area contributed by atoms with Gasteiger partial charge < -0.3 is 8.83 Å². The Labute approximate surface area is 320 Å². The lowest BCUT2D eigenvalue weighted by atomic mass is 9.92. The number of nitrogens with zero attached hydrogens (tertiary/aromatic N) is 3. The fourth-order valence-electron chi connectivity index (χ4n) is 8.59. The molecule has 0 bridgehead atoms. The lowest BCUT2D eigenvalue weighted by Gasteiger charge is -2.14. The second kappa shape index (κ2) is 11.9. The van der Waals surface area contributed by atoms with Crippen LogP contribution in [0.5, 0.6) is 0 Å². The van der Waals surface area contributed by atoms with Gasteiger partial charge in [0.2, 0.25) is 0 Å². The third-order valence-corrected chi connectivity index (χ3v) is 11.1. The Hall–Kier alpha value is -7.63. The van der Waals surface area contributed by atoms with Crippen molar-refractivity contribution in [2.45, 2.75) is 0 Å². The van der Waals surface area contributed by atoms with Crippen molar-refractivity contribution in [3.8, 4) is 45.3 Å². The minimum atomic E-state index is 0.568. The quantitative estimate of drug-likeness (QED) is 0.170. The Kier molecular flexibility index (Phi) is 6.56. The zero-order valence-corrected chi connectivity index (χ0v) is 29.9. The highest BCUT2D eigenvalue weighted by molar-refractivity contribution is 6.23. The van der Waals surface area contributed by atoms with Crippen LogP contribution in [0.15, 0.2) is 185 Å². The van der Waals surface area contributed by atoms with Gasteiger partial charge in [0, 0.05) is 38.2 Å². The SMILES string of the molecule is c1ccc(-c2nc(-c3cc4ccccc4c4ccccc34)nc(-c3cc(-c4cc5oc6ccccc6c5c5ccccc45)cc4oc5ccccc5c34)n2)cc1. The van der Waals surface area contributed by atoms with Crippen molar-refractivity contribution in [3.63, 3.8) is 0 Å². The molecule has 5 heteroatoms. The second-order valence-corrected chi connectivity index (χ2v) is 14.3. The summed E-state index contributed by atoms with van der Waals surface area (Å²) in [6.07, 6.45) is 0. The van der Waals surface area contributed by atoms with Crippen molar-refractivity contribution >= 4 is 76.2 Å². The molecule has 5 nitrogen and oxygen atoms in total. The van der Waals surface area contributed by atoms with Crippen LogP contribution in [0, 0.1) is 0 Å². The van der Waals surface area contributed by atoms with E-state index in [9.17, 15) is 0 Å². The maximum absolute atomic E-state index is 6.67. The summed E-state index contributed by atoms with van der Waals surface area (Å²) in [4.78, 5) is 15.9. The van der Waals surface area contributed by atoms with Crippen LogP contribution in [-0.2, 0) is 0 Å². The highest BCUT2D eigenvalue weighted by Gasteiger charge is 2.22. The summed E-state index contributed by atoms with van der Waals surface area (Å²) < 4.78 is 13.2. The number of para-hydroxylation sites is 2. The summed E-state index contributed by atoms with van der Waals surface area (Å²) in [5, 5.41) is 11.0. The lowest BCUT2D eigenvalue weighted by Crippen LogP contribution is -2.01. The minimum absolute atomic E-state index is 0.568. The first-order chi connectivity index (χ1) is 27.7. The van der Waals surface area contributed by atoms with Crippen molar-refractivity contribution < 1.29 is 8.83 Å². The van der Waals surface area contributed by atoms with Crippen molar-refractivity contribution in [2.24, 2.45) is 0 Å². The van der Waals surface area contributed by atoms with E-state index < -0.39 is 0 Å². The molecule has 0 atom stereocenters. The number of hydrogen-bond donors (Lipinski definition) is 0. The number of aromatic nitrogens is 3. The molecule has 3 heterocycles. The Bertz CT molecular complexity index is 3550. The van der Waals surface area contributed by atoms with Crippen molar-refractivity contribution in [3.05, 3.63) is 176 Å². The van der Waals surface area contributed by atoms with Crippen LogP contribution in [0.1, 0.15) is 0 Å². The van der Waals surface area contributed by atoms with Gasteiger partial charge in [0.15, 0.2) is 17.5 Å². The molecule has 12 aromatic rings. The summed E-state index contributed by atoms with van der Waals surface area (Å²) in [6.45, 7) is 0. The van der Waals surface area contributed by atoms with E-state index in [0.717, 1.165) is 98.6 Å². The normalized spacial score (nSPS) is 11.9.